The van der Waals surface area contributed by atoms with Crippen molar-refractivity contribution in [2.24, 2.45) is 7.05 Å². The third-order valence-corrected chi connectivity index (χ3v) is 3.32. The molecule has 2 aromatic heterocycles. The fourth-order valence-corrected chi connectivity index (χ4v) is 2.09. The van der Waals surface area contributed by atoms with E-state index in [1.54, 1.807) is 4.57 Å². The summed E-state index contributed by atoms with van der Waals surface area (Å²) in [6, 6.07) is 0. The van der Waals surface area contributed by atoms with Crippen molar-refractivity contribution < 1.29 is 0 Å². The molecule has 0 saturated heterocycles. The van der Waals surface area contributed by atoms with E-state index in [2.05, 4.69) is 25.9 Å². The SMILES string of the molecule is Cn1c(Br)c(N)c2c(Cl)nc(Cl)nc21. The number of hydrogen-bond donors (Lipinski definition) is 1. The van der Waals surface area contributed by atoms with E-state index in [1.165, 1.54) is 0 Å². The fourth-order valence-electron chi connectivity index (χ4n) is 1.25. The van der Waals surface area contributed by atoms with Crippen LogP contribution < -0.4 is 5.73 Å². The fraction of sp³-hybridized carbons (Fsp3) is 0.143. The van der Waals surface area contributed by atoms with Gasteiger partial charge in [0.15, 0.2) is 0 Å². The molecule has 2 heterocycles. The summed E-state index contributed by atoms with van der Waals surface area (Å²) < 4.78 is 2.47. The molecule has 0 spiro atoms. The van der Waals surface area contributed by atoms with E-state index < -0.39 is 0 Å². The Morgan fingerprint density at radius 2 is 2.00 bits per heavy atom. The van der Waals surface area contributed by atoms with E-state index in [9.17, 15) is 0 Å². The molecular formula is C7H5BrCl2N4. The number of hydrogen-bond acceptors (Lipinski definition) is 3. The van der Waals surface area contributed by atoms with E-state index >= 15 is 0 Å². The number of nitrogens with zero attached hydrogens (tertiary/aromatic N) is 3. The van der Waals surface area contributed by atoms with E-state index in [-0.39, 0.29) is 10.4 Å². The van der Waals surface area contributed by atoms with E-state index in [1.807, 2.05) is 7.05 Å². The first-order valence-electron chi connectivity index (χ1n) is 3.64. The van der Waals surface area contributed by atoms with Gasteiger partial charge in [-0.15, -0.1) is 0 Å². The standard InChI is InChI=1S/C7H5BrCl2N4/c1-14-4(8)3(11)2-5(9)12-7(10)13-6(2)14/h11H2,1H3. The van der Waals surface area contributed by atoms with Crippen molar-refractivity contribution in [2.75, 3.05) is 5.73 Å². The summed E-state index contributed by atoms with van der Waals surface area (Å²) in [7, 11) is 1.81. The maximum absolute atomic E-state index is 5.90. The Kier molecular flexibility index (Phi) is 2.33. The Morgan fingerprint density at radius 3 is 2.64 bits per heavy atom. The summed E-state index contributed by atoms with van der Waals surface area (Å²) in [6.45, 7) is 0. The molecule has 0 aliphatic carbocycles. The van der Waals surface area contributed by atoms with Crippen LogP contribution in [0.15, 0.2) is 4.60 Å². The molecule has 7 heteroatoms. The second-order valence-electron chi connectivity index (χ2n) is 2.75. The zero-order valence-corrected chi connectivity index (χ0v) is 10.2. The number of aromatic nitrogens is 3. The van der Waals surface area contributed by atoms with Gasteiger partial charge in [0.1, 0.15) is 15.4 Å². The molecule has 2 rings (SSSR count). The lowest BCUT2D eigenvalue weighted by atomic mass is 10.4. The van der Waals surface area contributed by atoms with Gasteiger partial charge in [-0.25, -0.2) is 4.98 Å². The molecule has 4 nitrogen and oxygen atoms in total. The number of fused-ring (bicyclic) bond motifs is 1. The Labute approximate surface area is 98.2 Å². The zero-order valence-electron chi connectivity index (χ0n) is 7.05. The van der Waals surface area contributed by atoms with Crippen molar-refractivity contribution in [1.29, 1.82) is 0 Å². The number of aryl methyl sites for hydroxylation is 1. The maximum atomic E-state index is 5.90. The van der Waals surface area contributed by atoms with Gasteiger partial charge >= 0.3 is 0 Å². The van der Waals surface area contributed by atoms with Gasteiger partial charge in [0, 0.05) is 7.05 Å². The molecule has 0 aliphatic heterocycles. The molecule has 0 aliphatic rings. The largest absolute Gasteiger partial charge is 0.396 e. The smallest absolute Gasteiger partial charge is 0.225 e. The van der Waals surface area contributed by atoms with E-state index in [0.717, 1.165) is 0 Å². The van der Waals surface area contributed by atoms with Gasteiger partial charge < -0.3 is 10.3 Å². The molecule has 0 amide bonds. The molecule has 2 N–H and O–H groups in total. The van der Waals surface area contributed by atoms with Crippen LogP contribution in [-0.2, 0) is 7.05 Å². The number of nitrogen functional groups attached to an aromatic ring is 1. The Morgan fingerprint density at radius 1 is 1.36 bits per heavy atom. The molecular weight excluding hydrogens is 291 g/mol. The molecule has 0 bridgehead atoms. The molecule has 14 heavy (non-hydrogen) atoms. The van der Waals surface area contributed by atoms with Gasteiger partial charge in [-0.3, -0.25) is 0 Å². The number of anilines is 1. The number of rotatable bonds is 0. The molecule has 0 saturated carbocycles. The highest BCUT2D eigenvalue weighted by Gasteiger charge is 2.16. The predicted octanol–water partition coefficient (Wildman–Crippen LogP) is 2.62. The van der Waals surface area contributed by atoms with Crippen molar-refractivity contribution >= 4 is 55.9 Å². The van der Waals surface area contributed by atoms with Gasteiger partial charge in [0.2, 0.25) is 5.28 Å². The van der Waals surface area contributed by atoms with E-state index in [0.29, 0.717) is 21.3 Å². The molecule has 0 radical (unpaired) electrons. The maximum Gasteiger partial charge on any atom is 0.225 e. The van der Waals surface area contributed by atoms with Crippen LogP contribution in [0.5, 0.6) is 0 Å². The van der Waals surface area contributed by atoms with Gasteiger partial charge in [-0.1, -0.05) is 11.6 Å². The Hall–Kier alpha value is -0.520. The minimum Gasteiger partial charge on any atom is -0.396 e. The lowest BCUT2D eigenvalue weighted by Crippen LogP contribution is -1.91. The van der Waals surface area contributed by atoms with Gasteiger partial charge in [-0.05, 0) is 27.5 Å². The summed E-state index contributed by atoms with van der Waals surface area (Å²) >= 11 is 14.9. The topological polar surface area (TPSA) is 56.7 Å². The summed E-state index contributed by atoms with van der Waals surface area (Å²) in [5.74, 6) is 0. The first-order valence-corrected chi connectivity index (χ1v) is 5.19. The first-order chi connectivity index (χ1) is 6.52. The molecule has 0 aromatic carbocycles. The van der Waals surface area contributed by atoms with Crippen LogP contribution in [0, 0.1) is 0 Å². The number of nitrogens with two attached hydrogens (primary N) is 1. The van der Waals surface area contributed by atoms with Crippen LogP contribution >= 0.6 is 39.1 Å². The predicted molar refractivity (Wildman–Crippen MR) is 60.6 cm³/mol. The molecule has 2 aromatic rings. The quantitative estimate of drug-likeness (QED) is 0.600. The molecule has 74 valence electrons. The van der Waals surface area contributed by atoms with Crippen molar-refractivity contribution in [3.8, 4) is 0 Å². The van der Waals surface area contributed by atoms with Crippen LogP contribution in [0.3, 0.4) is 0 Å². The number of halogens is 3. The highest BCUT2D eigenvalue weighted by molar-refractivity contribution is 9.10. The molecule has 0 atom stereocenters. The van der Waals surface area contributed by atoms with E-state index in [4.69, 9.17) is 28.9 Å². The van der Waals surface area contributed by atoms with Gasteiger partial charge in [-0.2, -0.15) is 4.98 Å². The van der Waals surface area contributed by atoms with Crippen LogP contribution in [0.4, 0.5) is 5.69 Å². The van der Waals surface area contributed by atoms with Crippen molar-refractivity contribution in [3.63, 3.8) is 0 Å². The van der Waals surface area contributed by atoms with Crippen molar-refractivity contribution in [1.82, 2.24) is 14.5 Å². The molecule has 0 fully saturated rings. The van der Waals surface area contributed by atoms with Crippen molar-refractivity contribution in [3.05, 3.63) is 15.0 Å². The first kappa shape index (κ1) is 10.0. The van der Waals surface area contributed by atoms with Crippen LogP contribution in [-0.4, -0.2) is 14.5 Å². The highest BCUT2D eigenvalue weighted by atomic mass is 79.9. The third-order valence-electron chi connectivity index (χ3n) is 1.92. The molecule has 0 unspecified atom stereocenters. The minimum absolute atomic E-state index is 0.107. The summed E-state index contributed by atoms with van der Waals surface area (Å²) in [5.41, 5.74) is 6.94. The monoisotopic (exact) mass is 294 g/mol. The Balaban J connectivity index is 3.02. The average molecular weight is 296 g/mol. The lowest BCUT2D eigenvalue weighted by molar-refractivity contribution is 0.920. The van der Waals surface area contributed by atoms with Gasteiger partial charge in [0.05, 0.1) is 11.1 Å². The minimum atomic E-state index is 0.107. The third kappa shape index (κ3) is 1.27. The van der Waals surface area contributed by atoms with Crippen LogP contribution in [0.2, 0.25) is 10.4 Å². The van der Waals surface area contributed by atoms with Crippen molar-refractivity contribution in [2.45, 2.75) is 0 Å². The summed E-state index contributed by atoms with van der Waals surface area (Å²) in [6.07, 6.45) is 0. The van der Waals surface area contributed by atoms with Crippen LogP contribution in [0.1, 0.15) is 0 Å². The second kappa shape index (κ2) is 3.25. The summed E-state index contributed by atoms with van der Waals surface area (Å²) in [4.78, 5) is 7.86. The highest BCUT2D eigenvalue weighted by Crippen LogP contribution is 2.34. The summed E-state index contributed by atoms with van der Waals surface area (Å²) in [5, 5.41) is 0.986. The average Bonchev–Trinajstić information content (AvgIpc) is 2.31. The van der Waals surface area contributed by atoms with Crippen LogP contribution in [0.25, 0.3) is 11.0 Å². The zero-order chi connectivity index (χ0) is 10.5. The second-order valence-corrected chi connectivity index (χ2v) is 4.19. The Bertz CT molecular complexity index is 522. The lowest BCUT2D eigenvalue weighted by Gasteiger charge is -1.97. The normalized spacial score (nSPS) is 11.1. The van der Waals surface area contributed by atoms with Gasteiger partial charge in [0.25, 0.3) is 0 Å².